The number of rotatable bonds is 9. The molecule has 1 unspecified atom stereocenters. The molecule has 33 heavy (non-hydrogen) atoms. The number of hydrogen-bond donors (Lipinski definition) is 3. The van der Waals surface area contributed by atoms with E-state index in [1.807, 2.05) is 24.3 Å². The topological polar surface area (TPSA) is 110 Å². The number of benzene rings is 2. The van der Waals surface area contributed by atoms with Crippen LogP contribution in [0.4, 0.5) is 8.78 Å². The third-order valence-corrected chi connectivity index (χ3v) is 5.42. The van der Waals surface area contributed by atoms with Gasteiger partial charge in [0, 0.05) is 5.39 Å². The lowest BCUT2D eigenvalue weighted by Gasteiger charge is -2.17. The largest absolute Gasteiger partial charge is 0.434 e. The van der Waals surface area contributed by atoms with Gasteiger partial charge < -0.3 is 15.8 Å². The molecule has 0 aliphatic rings. The number of aromatic nitrogens is 4. The van der Waals surface area contributed by atoms with Crippen LogP contribution in [0.25, 0.3) is 16.6 Å². The average Bonchev–Trinajstić information content (AvgIpc) is 3.25. The van der Waals surface area contributed by atoms with Crippen LogP contribution in [-0.2, 0) is 0 Å². The molecule has 8 nitrogen and oxygen atoms in total. The molecule has 2 aromatic carbocycles. The number of ether oxygens (including phenoxy) is 1. The molecule has 2 heterocycles. The van der Waals surface area contributed by atoms with E-state index < -0.39 is 18.6 Å². The number of nitrogens with two attached hydrogens (primary N) is 1. The summed E-state index contributed by atoms with van der Waals surface area (Å²) in [6.07, 6.45) is 2.00. The van der Waals surface area contributed by atoms with Gasteiger partial charge in [-0.05, 0) is 62.3 Å². The highest BCUT2D eigenvalue weighted by molar-refractivity contribution is 7.71. The summed E-state index contributed by atoms with van der Waals surface area (Å²) in [7, 11) is 0. The number of fused-ring (bicyclic) bond motifs is 3. The van der Waals surface area contributed by atoms with Crippen molar-refractivity contribution in [2.45, 2.75) is 31.9 Å². The van der Waals surface area contributed by atoms with E-state index in [0.29, 0.717) is 34.7 Å². The van der Waals surface area contributed by atoms with Gasteiger partial charge in [-0.25, -0.2) is 14.5 Å². The van der Waals surface area contributed by atoms with Crippen molar-refractivity contribution in [3.05, 3.63) is 64.7 Å². The summed E-state index contributed by atoms with van der Waals surface area (Å²) in [6, 6.07) is 12.8. The van der Waals surface area contributed by atoms with E-state index in [1.165, 1.54) is 18.2 Å². The standard InChI is InChI=1S/C22H22F2N6O2S/c23-21(24)32-17-11-4-2-8-14(17)20(31)26-16(10-5-6-12-25)18-28-19-13-7-1-3-9-15(13)27-22(33)30(19)29-18/h1-4,7-9,11,16,21H,5-6,10,12,25H2,(H,26,31)(H,28,29). The smallest absolute Gasteiger partial charge is 0.387 e. The van der Waals surface area contributed by atoms with Gasteiger partial charge in [-0.1, -0.05) is 24.3 Å². The second-order valence-electron chi connectivity index (χ2n) is 7.36. The van der Waals surface area contributed by atoms with E-state index in [9.17, 15) is 13.6 Å². The predicted molar refractivity (Wildman–Crippen MR) is 122 cm³/mol. The highest BCUT2D eigenvalue weighted by Crippen LogP contribution is 2.24. The Bertz CT molecular complexity index is 1340. The van der Waals surface area contributed by atoms with Crippen molar-refractivity contribution in [2.24, 2.45) is 5.73 Å². The molecule has 0 radical (unpaired) electrons. The van der Waals surface area contributed by atoms with E-state index >= 15 is 0 Å². The molecule has 1 atom stereocenters. The molecule has 0 bridgehead atoms. The van der Waals surface area contributed by atoms with Crippen LogP contribution in [0.1, 0.15) is 41.5 Å². The average molecular weight is 473 g/mol. The Hall–Kier alpha value is -3.44. The molecular weight excluding hydrogens is 450 g/mol. The van der Waals surface area contributed by atoms with Crippen LogP contribution in [0.3, 0.4) is 0 Å². The van der Waals surface area contributed by atoms with Crippen molar-refractivity contribution < 1.29 is 18.3 Å². The number of unbranched alkanes of at least 4 members (excludes halogenated alkanes) is 1. The summed E-state index contributed by atoms with van der Waals surface area (Å²) < 4.78 is 31.9. The molecule has 0 fully saturated rings. The first-order chi connectivity index (χ1) is 16.0. The number of amides is 1. The molecule has 4 rings (SSSR count). The Morgan fingerprint density at radius 2 is 1.91 bits per heavy atom. The Kier molecular flexibility index (Phi) is 6.90. The van der Waals surface area contributed by atoms with Crippen LogP contribution in [0.2, 0.25) is 0 Å². The number of nitrogens with one attached hydrogen (secondary N) is 2. The monoisotopic (exact) mass is 472 g/mol. The Morgan fingerprint density at radius 1 is 1.15 bits per heavy atom. The van der Waals surface area contributed by atoms with Gasteiger partial charge in [-0.15, -0.1) is 0 Å². The SMILES string of the molecule is NCCCCC(NC(=O)c1ccccc1OC(F)F)c1nc2c3ccccc3nc(=S)n2[nH]1. The van der Waals surface area contributed by atoms with Crippen LogP contribution in [-0.4, -0.2) is 38.6 Å². The van der Waals surface area contributed by atoms with Crippen LogP contribution < -0.4 is 15.8 Å². The van der Waals surface area contributed by atoms with Gasteiger partial charge in [0.1, 0.15) is 11.6 Å². The quantitative estimate of drug-likeness (QED) is 0.249. The molecule has 2 aromatic heterocycles. The van der Waals surface area contributed by atoms with Gasteiger partial charge in [-0.3, -0.25) is 9.89 Å². The Balaban J connectivity index is 1.70. The van der Waals surface area contributed by atoms with Crippen molar-refractivity contribution >= 4 is 34.7 Å². The highest BCUT2D eigenvalue weighted by Gasteiger charge is 2.23. The number of hydrogen-bond acceptors (Lipinski definition) is 6. The Morgan fingerprint density at radius 3 is 2.70 bits per heavy atom. The maximum Gasteiger partial charge on any atom is 0.387 e. The lowest BCUT2D eigenvalue weighted by molar-refractivity contribution is -0.0501. The maximum atomic E-state index is 13.0. The van der Waals surface area contributed by atoms with Crippen molar-refractivity contribution in [3.8, 4) is 5.75 Å². The van der Waals surface area contributed by atoms with E-state index in [4.69, 9.17) is 22.9 Å². The molecule has 0 aliphatic carbocycles. The van der Waals surface area contributed by atoms with E-state index in [0.717, 1.165) is 18.2 Å². The van der Waals surface area contributed by atoms with Crippen LogP contribution in [0.5, 0.6) is 5.75 Å². The van der Waals surface area contributed by atoms with Gasteiger partial charge in [0.25, 0.3) is 5.91 Å². The second-order valence-corrected chi connectivity index (χ2v) is 7.73. The van der Waals surface area contributed by atoms with Crippen molar-refractivity contribution in [2.75, 3.05) is 6.54 Å². The summed E-state index contributed by atoms with van der Waals surface area (Å²) in [6.45, 7) is -2.54. The highest BCUT2D eigenvalue weighted by atomic mass is 32.1. The third kappa shape index (κ3) is 4.99. The first-order valence-corrected chi connectivity index (χ1v) is 10.8. The molecular formula is C22H22F2N6O2S. The fraction of sp³-hybridized carbons (Fsp3) is 0.273. The molecule has 1 amide bonds. The van der Waals surface area contributed by atoms with Crippen LogP contribution in [0, 0.1) is 4.77 Å². The Labute approximate surface area is 192 Å². The molecule has 4 aromatic rings. The molecule has 172 valence electrons. The number of H-pyrrole nitrogens is 1. The zero-order valence-corrected chi connectivity index (χ0v) is 18.3. The van der Waals surface area contributed by atoms with E-state index in [1.54, 1.807) is 10.6 Å². The first kappa shape index (κ1) is 22.7. The van der Waals surface area contributed by atoms with Gasteiger partial charge in [0.05, 0.1) is 17.1 Å². The summed E-state index contributed by atoms with van der Waals surface area (Å²) in [5, 5.41) is 6.81. The van der Waals surface area contributed by atoms with Crippen molar-refractivity contribution in [1.29, 1.82) is 0 Å². The lowest BCUT2D eigenvalue weighted by Crippen LogP contribution is -2.30. The summed E-state index contributed by atoms with van der Waals surface area (Å²) in [5.41, 5.74) is 6.93. The van der Waals surface area contributed by atoms with Crippen LogP contribution in [0.15, 0.2) is 48.5 Å². The lowest BCUT2D eigenvalue weighted by atomic mass is 10.1. The maximum absolute atomic E-state index is 13.0. The van der Waals surface area contributed by atoms with Gasteiger partial charge >= 0.3 is 6.61 Å². The number of halogens is 2. The number of nitrogens with zero attached hydrogens (tertiary/aromatic N) is 3. The van der Waals surface area contributed by atoms with Crippen molar-refractivity contribution in [3.63, 3.8) is 0 Å². The van der Waals surface area contributed by atoms with E-state index in [2.05, 4.69) is 20.1 Å². The summed E-state index contributed by atoms with van der Waals surface area (Å²) in [4.78, 5) is 22.1. The minimum atomic E-state index is -3.04. The zero-order chi connectivity index (χ0) is 23.4. The molecule has 0 aliphatic heterocycles. The van der Waals surface area contributed by atoms with Gasteiger partial charge in [0.2, 0.25) is 4.77 Å². The number of carbonyl (C=O) groups is 1. The molecule has 0 saturated heterocycles. The second kappa shape index (κ2) is 10.0. The minimum Gasteiger partial charge on any atom is -0.434 e. The predicted octanol–water partition coefficient (Wildman–Crippen LogP) is 4.14. The number of aromatic amines is 1. The normalized spacial score (nSPS) is 12.4. The zero-order valence-electron chi connectivity index (χ0n) is 17.5. The van der Waals surface area contributed by atoms with Crippen molar-refractivity contribution in [1.82, 2.24) is 24.9 Å². The summed E-state index contributed by atoms with van der Waals surface area (Å²) in [5.74, 6) is -0.291. The van der Waals surface area contributed by atoms with Gasteiger partial charge in [0.15, 0.2) is 5.65 Å². The van der Waals surface area contributed by atoms with Gasteiger partial charge in [-0.2, -0.15) is 8.78 Å². The fourth-order valence-electron chi connectivity index (χ4n) is 3.60. The van der Waals surface area contributed by atoms with Crippen LogP contribution >= 0.6 is 12.2 Å². The number of alkyl halides is 2. The number of carbonyl (C=O) groups excluding carboxylic acids is 1. The third-order valence-electron chi connectivity index (χ3n) is 5.15. The number of para-hydroxylation sites is 2. The molecule has 11 heteroatoms. The first-order valence-electron chi connectivity index (χ1n) is 10.4. The summed E-state index contributed by atoms with van der Waals surface area (Å²) >= 11 is 5.40. The minimum absolute atomic E-state index is 0.00136. The molecule has 0 spiro atoms. The molecule has 4 N–H and O–H groups in total. The fourth-order valence-corrected chi connectivity index (χ4v) is 3.83. The van der Waals surface area contributed by atoms with E-state index in [-0.39, 0.29) is 11.3 Å². The molecule has 0 saturated carbocycles.